The molecule has 0 radical (unpaired) electrons. The van der Waals surface area contributed by atoms with Crippen LogP contribution in [0.4, 0.5) is 11.4 Å². The Balaban J connectivity index is 2.02. The molecule has 0 unspecified atom stereocenters. The Bertz CT molecular complexity index is 616. The zero-order valence-corrected chi connectivity index (χ0v) is 11.4. The summed E-state index contributed by atoms with van der Waals surface area (Å²) >= 11 is 0. The Hall–Kier alpha value is -2.63. The van der Waals surface area contributed by atoms with Crippen molar-refractivity contribution in [3.05, 3.63) is 42.2 Å². The van der Waals surface area contributed by atoms with Crippen molar-refractivity contribution in [3.8, 4) is 0 Å². The van der Waals surface area contributed by atoms with Crippen molar-refractivity contribution < 1.29 is 9.59 Å². The minimum atomic E-state index is -0.211. The van der Waals surface area contributed by atoms with E-state index in [2.05, 4.69) is 15.7 Å². The zero-order valence-electron chi connectivity index (χ0n) is 11.4. The van der Waals surface area contributed by atoms with Crippen molar-refractivity contribution in [3.63, 3.8) is 0 Å². The van der Waals surface area contributed by atoms with E-state index in [1.807, 2.05) is 6.92 Å². The van der Waals surface area contributed by atoms with Crippen LogP contribution in [0.25, 0.3) is 0 Å². The highest BCUT2D eigenvalue weighted by atomic mass is 16.2. The third kappa shape index (κ3) is 3.44. The first-order valence-corrected chi connectivity index (χ1v) is 6.30. The summed E-state index contributed by atoms with van der Waals surface area (Å²) in [6.07, 6.45) is 3.23. The first-order chi connectivity index (χ1) is 9.58. The number of amides is 2. The second-order valence-corrected chi connectivity index (χ2v) is 4.30. The van der Waals surface area contributed by atoms with Crippen LogP contribution in [0.1, 0.15) is 24.2 Å². The van der Waals surface area contributed by atoms with Gasteiger partial charge in [-0.2, -0.15) is 5.10 Å². The van der Waals surface area contributed by atoms with Gasteiger partial charge in [0.25, 0.3) is 5.91 Å². The molecule has 1 aromatic carbocycles. The van der Waals surface area contributed by atoms with Crippen LogP contribution in [0.5, 0.6) is 0 Å². The number of nitrogens with one attached hydrogen (secondary N) is 2. The highest BCUT2D eigenvalue weighted by Gasteiger charge is 2.08. The summed E-state index contributed by atoms with van der Waals surface area (Å²) in [4.78, 5) is 22.9. The van der Waals surface area contributed by atoms with Crippen LogP contribution >= 0.6 is 0 Å². The molecule has 2 aromatic rings. The maximum atomic E-state index is 12.0. The summed E-state index contributed by atoms with van der Waals surface area (Å²) in [5, 5.41) is 9.49. The number of benzene rings is 1. The van der Waals surface area contributed by atoms with E-state index in [4.69, 9.17) is 0 Å². The molecular weight excluding hydrogens is 256 g/mol. The largest absolute Gasteiger partial charge is 0.326 e. The first kappa shape index (κ1) is 13.8. The molecule has 0 aliphatic carbocycles. The van der Waals surface area contributed by atoms with Gasteiger partial charge in [0, 0.05) is 31.0 Å². The van der Waals surface area contributed by atoms with E-state index in [9.17, 15) is 9.59 Å². The number of rotatable bonds is 4. The summed E-state index contributed by atoms with van der Waals surface area (Å²) in [5.74, 6) is -0.342. The van der Waals surface area contributed by atoms with Gasteiger partial charge in [-0.25, -0.2) is 0 Å². The topological polar surface area (TPSA) is 76.0 Å². The highest BCUT2D eigenvalue weighted by Crippen LogP contribution is 2.14. The van der Waals surface area contributed by atoms with Gasteiger partial charge in [0.05, 0.1) is 11.8 Å². The van der Waals surface area contributed by atoms with Gasteiger partial charge in [0.2, 0.25) is 5.91 Å². The van der Waals surface area contributed by atoms with Gasteiger partial charge < -0.3 is 10.6 Å². The average molecular weight is 272 g/mol. The van der Waals surface area contributed by atoms with E-state index >= 15 is 0 Å². The molecule has 0 atom stereocenters. The fraction of sp³-hybridized carbons (Fsp3) is 0.214. The number of carbonyl (C=O) groups excluding carboxylic acids is 2. The summed E-state index contributed by atoms with van der Waals surface area (Å²) in [7, 11) is 0. The van der Waals surface area contributed by atoms with E-state index in [-0.39, 0.29) is 11.8 Å². The molecule has 2 amide bonds. The Morgan fingerprint density at radius 1 is 1.15 bits per heavy atom. The van der Waals surface area contributed by atoms with Crippen LogP contribution < -0.4 is 10.6 Å². The lowest BCUT2D eigenvalue weighted by Gasteiger charge is -2.05. The second kappa shape index (κ2) is 6.01. The molecule has 20 heavy (non-hydrogen) atoms. The van der Waals surface area contributed by atoms with Crippen LogP contribution in [0.15, 0.2) is 36.7 Å². The summed E-state index contributed by atoms with van der Waals surface area (Å²) < 4.78 is 1.69. The van der Waals surface area contributed by atoms with Gasteiger partial charge in [-0.1, -0.05) is 0 Å². The van der Waals surface area contributed by atoms with E-state index in [0.717, 1.165) is 6.54 Å². The smallest absolute Gasteiger partial charge is 0.258 e. The molecule has 0 spiro atoms. The van der Waals surface area contributed by atoms with Crippen LogP contribution in [-0.2, 0) is 11.3 Å². The Kier molecular flexibility index (Phi) is 4.14. The second-order valence-electron chi connectivity index (χ2n) is 4.30. The average Bonchev–Trinajstić information content (AvgIpc) is 2.89. The maximum absolute atomic E-state index is 12.0. The number of hydrogen-bond donors (Lipinski definition) is 2. The number of nitrogens with zero attached hydrogens (tertiary/aromatic N) is 2. The van der Waals surface area contributed by atoms with Gasteiger partial charge >= 0.3 is 0 Å². The lowest BCUT2D eigenvalue weighted by molar-refractivity contribution is -0.114. The highest BCUT2D eigenvalue weighted by molar-refractivity contribution is 6.04. The Labute approximate surface area is 116 Å². The molecule has 0 aliphatic rings. The molecule has 2 N–H and O–H groups in total. The van der Waals surface area contributed by atoms with Crippen molar-refractivity contribution in [2.75, 3.05) is 10.6 Å². The normalized spacial score (nSPS) is 10.1. The van der Waals surface area contributed by atoms with Gasteiger partial charge in [-0.05, 0) is 31.2 Å². The number of aromatic nitrogens is 2. The molecular formula is C14H16N4O2. The van der Waals surface area contributed by atoms with Gasteiger partial charge in [-0.15, -0.1) is 0 Å². The molecule has 104 valence electrons. The molecule has 0 aliphatic heterocycles. The molecule has 0 saturated carbocycles. The number of hydrogen-bond acceptors (Lipinski definition) is 3. The monoisotopic (exact) mass is 272 g/mol. The molecule has 1 heterocycles. The molecule has 0 saturated heterocycles. The van der Waals surface area contributed by atoms with Crippen molar-refractivity contribution in [1.29, 1.82) is 0 Å². The van der Waals surface area contributed by atoms with Crippen LogP contribution in [0.2, 0.25) is 0 Å². The minimum absolute atomic E-state index is 0.131. The quantitative estimate of drug-likeness (QED) is 0.895. The summed E-state index contributed by atoms with van der Waals surface area (Å²) in [6, 6.07) is 6.92. The standard InChI is InChI=1S/C14H16N4O2/c1-3-18-9-11(8-15-18)14(20)17-13-6-4-12(5-7-13)16-10(2)19/h4-9H,3H2,1-2H3,(H,16,19)(H,17,20). The Morgan fingerprint density at radius 2 is 1.75 bits per heavy atom. The predicted octanol–water partition coefficient (Wildman–Crippen LogP) is 2.11. The zero-order chi connectivity index (χ0) is 14.5. The van der Waals surface area contributed by atoms with Crippen LogP contribution in [0, 0.1) is 0 Å². The number of anilines is 2. The molecule has 1 aromatic heterocycles. The van der Waals surface area contributed by atoms with Gasteiger partial charge in [0.15, 0.2) is 0 Å². The molecule has 0 bridgehead atoms. The van der Waals surface area contributed by atoms with Crippen molar-refractivity contribution >= 4 is 23.2 Å². The van der Waals surface area contributed by atoms with E-state index in [1.54, 1.807) is 35.1 Å². The fourth-order valence-electron chi connectivity index (χ4n) is 1.70. The predicted molar refractivity (Wildman–Crippen MR) is 76.6 cm³/mol. The maximum Gasteiger partial charge on any atom is 0.258 e. The molecule has 0 fully saturated rings. The van der Waals surface area contributed by atoms with Crippen LogP contribution in [-0.4, -0.2) is 21.6 Å². The van der Waals surface area contributed by atoms with Crippen molar-refractivity contribution in [2.24, 2.45) is 0 Å². The third-order valence-corrected chi connectivity index (χ3v) is 2.68. The lowest BCUT2D eigenvalue weighted by atomic mass is 10.2. The first-order valence-electron chi connectivity index (χ1n) is 6.30. The lowest BCUT2D eigenvalue weighted by Crippen LogP contribution is -2.11. The third-order valence-electron chi connectivity index (χ3n) is 2.68. The molecule has 6 heteroatoms. The SMILES string of the molecule is CCn1cc(C(=O)Nc2ccc(NC(C)=O)cc2)cn1. The molecule has 6 nitrogen and oxygen atoms in total. The summed E-state index contributed by atoms with van der Waals surface area (Å²) in [5.41, 5.74) is 1.86. The van der Waals surface area contributed by atoms with Gasteiger partial charge in [0.1, 0.15) is 0 Å². The Morgan fingerprint density at radius 3 is 2.25 bits per heavy atom. The van der Waals surface area contributed by atoms with Crippen molar-refractivity contribution in [2.45, 2.75) is 20.4 Å². The van der Waals surface area contributed by atoms with E-state index in [1.165, 1.54) is 13.1 Å². The van der Waals surface area contributed by atoms with Crippen molar-refractivity contribution in [1.82, 2.24) is 9.78 Å². The minimum Gasteiger partial charge on any atom is -0.326 e. The fourth-order valence-corrected chi connectivity index (χ4v) is 1.70. The number of aryl methyl sites for hydroxylation is 1. The van der Waals surface area contributed by atoms with Gasteiger partial charge in [-0.3, -0.25) is 14.3 Å². The number of carbonyl (C=O) groups is 2. The molecule has 2 rings (SSSR count). The van der Waals surface area contributed by atoms with Crippen LogP contribution in [0.3, 0.4) is 0 Å². The van der Waals surface area contributed by atoms with E-state index in [0.29, 0.717) is 16.9 Å². The van der Waals surface area contributed by atoms with E-state index < -0.39 is 0 Å². The summed E-state index contributed by atoms with van der Waals surface area (Å²) in [6.45, 7) is 4.12.